The van der Waals surface area contributed by atoms with Gasteiger partial charge >= 0.3 is 0 Å². The largest absolute Gasteiger partial charge is 0.352 e. The summed E-state index contributed by atoms with van der Waals surface area (Å²) in [5, 5.41) is 10.4. The summed E-state index contributed by atoms with van der Waals surface area (Å²) < 4.78 is 1.78. The summed E-state index contributed by atoms with van der Waals surface area (Å²) in [5.74, 6) is 0.514. The molecule has 102 valence electrons. The van der Waals surface area contributed by atoms with Crippen molar-refractivity contribution >= 4 is 5.91 Å². The van der Waals surface area contributed by atoms with Crippen LogP contribution in [0.3, 0.4) is 0 Å². The van der Waals surface area contributed by atoms with E-state index in [1.165, 1.54) is 0 Å². The Kier molecular flexibility index (Phi) is 5.85. The third-order valence-corrected chi connectivity index (χ3v) is 3.00. The van der Waals surface area contributed by atoms with Crippen LogP contribution in [0.1, 0.15) is 26.5 Å². The van der Waals surface area contributed by atoms with Gasteiger partial charge in [0, 0.05) is 32.3 Å². The van der Waals surface area contributed by atoms with Crippen LogP contribution in [0.4, 0.5) is 0 Å². The van der Waals surface area contributed by atoms with Gasteiger partial charge < -0.3 is 10.6 Å². The van der Waals surface area contributed by atoms with Crippen molar-refractivity contribution in [2.24, 2.45) is 13.0 Å². The lowest BCUT2D eigenvalue weighted by Crippen LogP contribution is -2.41. The molecule has 1 aromatic rings. The Bertz CT molecular complexity index is 373. The summed E-state index contributed by atoms with van der Waals surface area (Å²) >= 11 is 0. The van der Waals surface area contributed by atoms with E-state index in [4.69, 9.17) is 0 Å². The molecule has 0 saturated heterocycles. The average Bonchev–Trinajstić information content (AvgIpc) is 2.70. The lowest BCUT2D eigenvalue weighted by atomic mass is 10.1. The van der Waals surface area contributed by atoms with Crippen molar-refractivity contribution in [1.82, 2.24) is 20.4 Å². The molecule has 1 atom stereocenters. The minimum Gasteiger partial charge on any atom is -0.352 e. The first-order chi connectivity index (χ1) is 8.49. The quantitative estimate of drug-likeness (QED) is 0.703. The van der Waals surface area contributed by atoms with Crippen LogP contribution in [0.2, 0.25) is 0 Å². The van der Waals surface area contributed by atoms with E-state index >= 15 is 0 Å². The molecule has 0 spiro atoms. The number of rotatable bonds is 7. The van der Waals surface area contributed by atoms with Crippen LogP contribution >= 0.6 is 0 Å². The first kappa shape index (κ1) is 14.7. The van der Waals surface area contributed by atoms with Gasteiger partial charge in [0.25, 0.3) is 0 Å². The van der Waals surface area contributed by atoms with Crippen LogP contribution in [0, 0.1) is 5.92 Å². The number of carbonyl (C=O) groups excluding carboxylic acids is 1. The van der Waals surface area contributed by atoms with Gasteiger partial charge in [-0.3, -0.25) is 9.48 Å². The van der Waals surface area contributed by atoms with Gasteiger partial charge in [-0.1, -0.05) is 13.8 Å². The van der Waals surface area contributed by atoms with Gasteiger partial charge in [0.2, 0.25) is 5.91 Å². The van der Waals surface area contributed by atoms with Crippen LogP contribution in [0.5, 0.6) is 0 Å². The number of carbonyl (C=O) groups is 1. The Hall–Kier alpha value is -1.36. The highest BCUT2D eigenvalue weighted by Crippen LogP contribution is 1.98. The van der Waals surface area contributed by atoms with E-state index in [2.05, 4.69) is 29.6 Å². The fraction of sp³-hybridized carbons (Fsp3) is 0.692. The van der Waals surface area contributed by atoms with Crippen molar-refractivity contribution in [1.29, 1.82) is 0 Å². The van der Waals surface area contributed by atoms with E-state index in [1.807, 2.05) is 26.2 Å². The standard InChI is InChI=1S/C13H24N4O/c1-10(2)11(3)15-13(18)9-14-7-5-12-6-8-17(4)16-12/h6,8,10-11,14H,5,7,9H2,1-4H3,(H,15,18). The Morgan fingerprint density at radius 3 is 2.72 bits per heavy atom. The van der Waals surface area contributed by atoms with E-state index in [9.17, 15) is 4.79 Å². The molecule has 0 fully saturated rings. The third kappa shape index (κ3) is 5.31. The minimum atomic E-state index is 0.0530. The van der Waals surface area contributed by atoms with Gasteiger partial charge in [-0.15, -0.1) is 0 Å². The zero-order valence-electron chi connectivity index (χ0n) is 11.7. The second kappa shape index (κ2) is 7.16. The monoisotopic (exact) mass is 252 g/mol. The molecule has 0 saturated carbocycles. The molecule has 0 radical (unpaired) electrons. The molecule has 1 amide bonds. The number of hydrogen-bond acceptors (Lipinski definition) is 3. The molecule has 0 aliphatic heterocycles. The third-order valence-electron chi connectivity index (χ3n) is 3.00. The maximum atomic E-state index is 11.6. The maximum Gasteiger partial charge on any atom is 0.234 e. The summed E-state index contributed by atoms with van der Waals surface area (Å²) in [6.07, 6.45) is 2.76. The van der Waals surface area contributed by atoms with Crippen molar-refractivity contribution in [3.8, 4) is 0 Å². The predicted molar refractivity (Wildman–Crippen MR) is 72.2 cm³/mol. The fourth-order valence-electron chi connectivity index (χ4n) is 1.49. The van der Waals surface area contributed by atoms with Crippen molar-refractivity contribution in [2.45, 2.75) is 33.2 Å². The van der Waals surface area contributed by atoms with E-state index in [1.54, 1.807) is 4.68 Å². The summed E-state index contributed by atoms with van der Waals surface area (Å²) in [5.41, 5.74) is 1.04. The highest BCUT2D eigenvalue weighted by Gasteiger charge is 2.09. The lowest BCUT2D eigenvalue weighted by Gasteiger charge is -2.17. The average molecular weight is 252 g/mol. The van der Waals surface area contributed by atoms with E-state index in [-0.39, 0.29) is 11.9 Å². The molecular weight excluding hydrogens is 228 g/mol. The highest BCUT2D eigenvalue weighted by atomic mass is 16.1. The molecule has 5 heteroatoms. The normalized spacial score (nSPS) is 12.7. The molecule has 1 heterocycles. The molecule has 5 nitrogen and oxygen atoms in total. The van der Waals surface area contributed by atoms with Gasteiger partial charge in [-0.2, -0.15) is 5.10 Å². The number of nitrogens with zero attached hydrogens (tertiary/aromatic N) is 2. The van der Waals surface area contributed by atoms with Crippen LogP contribution in [0.15, 0.2) is 12.3 Å². The second-order valence-corrected chi connectivity index (χ2v) is 5.01. The Labute approximate surface area is 109 Å². The van der Waals surface area contributed by atoms with Crippen LogP contribution < -0.4 is 10.6 Å². The molecule has 0 aliphatic rings. The first-order valence-electron chi connectivity index (χ1n) is 6.47. The smallest absolute Gasteiger partial charge is 0.234 e. The van der Waals surface area contributed by atoms with Gasteiger partial charge in [0.05, 0.1) is 12.2 Å². The molecule has 2 N–H and O–H groups in total. The fourth-order valence-corrected chi connectivity index (χ4v) is 1.49. The molecule has 0 bridgehead atoms. The van der Waals surface area contributed by atoms with Crippen molar-refractivity contribution in [3.63, 3.8) is 0 Å². The number of amides is 1. The lowest BCUT2D eigenvalue weighted by molar-refractivity contribution is -0.121. The Balaban J connectivity index is 2.12. The maximum absolute atomic E-state index is 11.6. The molecule has 0 aliphatic carbocycles. The number of hydrogen-bond donors (Lipinski definition) is 2. The number of nitrogens with one attached hydrogen (secondary N) is 2. The molecular formula is C13H24N4O. The second-order valence-electron chi connectivity index (χ2n) is 5.01. The predicted octanol–water partition coefficient (Wildman–Crippen LogP) is 0.713. The van der Waals surface area contributed by atoms with E-state index in [0.29, 0.717) is 12.5 Å². The van der Waals surface area contributed by atoms with Crippen molar-refractivity contribution in [3.05, 3.63) is 18.0 Å². The summed E-state index contributed by atoms with van der Waals surface area (Å²) in [4.78, 5) is 11.6. The zero-order chi connectivity index (χ0) is 13.5. The molecule has 1 aromatic heterocycles. The molecule has 1 rings (SSSR count). The summed E-state index contributed by atoms with van der Waals surface area (Å²) in [6, 6.07) is 2.21. The van der Waals surface area contributed by atoms with Gasteiger partial charge in [0.15, 0.2) is 0 Å². The molecule has 18 heavy (non-hydrogen) atoms. The Morgan fingerprint density at radius 2 is 2.17 bits per heavy atom. The van der Waals surface area contributed by atoms with Crippen LogP contribution in [-0.4, -0.2) is 34.8 Å². The SMILES string of the molecule is CC(C)C(C)NC(=O)CNCCc1ccn(C)n1. The van der Waals surface area contributed by atoms with Gasteiger partial charge in [-0.25, -0.2) is 0 Å². The van der Waals surface area contributed by atoms with E-state index in [0.717, 1.165) is 18.7 Å². The van der Waals surface area contributed by atoms with Crippen LogP contribution in [-0.2, 0) is 18.3 Å². The van der Waals surface area contributed by atoms with Crippen molar-refractivity contribution in [2.75, 3.05) is 13.1 Å². The summed E-state index contributed by atoms with van der Waals surface area (Å²) in [7, 11) is 1.90. The number of aryl methyl sites for hydroxylation is 1. The van der Waals surface area contributed by atoms with Crippen LogP contribution in [0.25, 0.3) is 0 Å². The highest BCUT2D eigenvalue weighted by molar-refractivity contribution is 5.78. The first-order valence-corrected chi connectivity index (χ1v) is 6.47. The topological polar surface area (TPSA) is 59.0 Å². The minimum absolute atomic E-state index is 0.0530. The van der Waals surface area contributed by atoms with E-state index < -0.39 is 0 Å². The summed E-state index contributed by atoms with van der Waals surface area (Å²) in [6.45, 7) is 7.35. The Morgan fingerprint density at radius 1 is 1.44 bits per heavy atom. The number of aromatic nitrogens is 2. The zero-order valence-corrected chi connectivity index (χ0v) is 11.7. The molecule has 1 unspecified atom stereocenters. The molecule has 0 aromatic carbocycles. The van der Waals surface area contributed by atoms with Gasteiger partial charge in [-0.05, 0) is 18.9 Å². The van der Waals surface area contributed by atoms with Gasteiger partial charge in [0.1, 0.15) is 0 Å². The van der Waals surface area contributed by atoms with Crippen molar-refractivity contribution < 1.29 is 4.79 Å².